The number of benzene rings is 1. The number of carbonyl (C=O) groups excluding carboxylic acids is 1. The van der Waals surface area contributed by atoms with Crippen LogP contribution >= 0.6 is 11.6 Å². The van der Waals surface area contributed by atoms with Gasteiger partial charge in [-0.05, 0) is 42.5 Å². The van der Waals surface area contributed by atoms with Crippen molar-refractivity contribution in [1.29, 1.82) is 0 Å². The van der Waals surface area contributed by atoms with Gasteiger partial charge < -0.3 is 15.4 Å². The van der Waals surface area contributed by atoms with Gasteiger partial charge in [0.1, 0.15) is 0 Å². The topological polar surface area (TPSA) is 108 Å². The number of rotatable bonds is 7. The van der Waals surface area contributed by atoms with Gasteiger partial charge in [-0.25, -0.2) is 0 Å². The van der Waals surface area contributed by atoms with Crippen molar-refractivity contribution in [1.82, 2.24) is 24.9 Å². The molecule has 9 nitrogen and oxygen atoms in total. The SMILES string of the molecule is CCn1nccc1[C@@H](C)NC(=O)c1ccc(Cn2cc(Cl)c([N+](=O)[O-])n2)cc1. The summed E-state index contributed by atoms with van der Waals surface area (Å²) in [5.74, 6) is -0.571. The first-order valence-electron chi connectivity index (χ1n) is 8.68. The van der Waals surface area contributed by atoms with Crippen molar-refractivity contribution in [3.63, 3.8) is 0 Å². The monoisotopic (exact) mass is 402 g/mol. The van der Waals surface area contributed by atoms with E-state index < -0.39 is 4.92 Å². The van der Waals surface area contributed by atoms with Crippen molar-refractivity contribution in [2.45, 2.75) is 33.0 Å². The average Bonchev–Trinajstić information content (AvgIpc) is 3.28. The molecule has 1 N–H and O–H groups in total. The molecule has 3 rings (SSSR count). The highest BCUT2D eigenvalue weighted by molar-refractivity contribution is 6.32. The van der Waals surface area contributed by atoms with Crippen molar-refractivity contribution >= 4 is 23.3 Å². The van der Waals surface area contributed by atoms with Gasteiger partial charge in [-0.2, -0.15) is 9.78 Å². The van der Waals surface area contributed by atoms with Gasteiger partial charge >= 0.3 is 5.82 Å². The minimum Gasteiger partial charge on any atom is -0.358 e. The quantitative estimate of drug-likeness (QED) is 0.482. The number of hydrogen-bond donors (Lipinski definition) is 1. The van der Waals surface area contributed by atoms with Gasteiger partial charge in [-0.3, -0.25) is 9.48 Å². The summed E-state index contributed by atoms with van der Waals surface area (Å²) >= 11 is 5.80. The Kier molecular flexibility index (Phi) is 5.74. The number of nitrogens with one attached hydrogen (secondary N) is 1. The highest BCUT2D eigenvalue weighted by Gasteiger charge is 2.19. The smallest absolute Gasteiger partial charge is 0.358 e. The van der Waals surface area contributed by atoms with Crippen LogP contribution in [0.5, 0.6) is 0 Å². The van der Waals surface area contributed by atoms with E-state index in [9.17, 15) is 14.9 Å². The largest absolute Gasteiger partial charge is 0.408 e. The van der Waals surface area contributed by atoms with Crippen LogP contribution < -0.4 is 5.32 Å². The van der Waals surface area contributed by atoms with Crippen molar-refractivity contribution in [3.05, 3.63) is 74.7 Å². The minimum absolute atomic E-state index is 0.0127. The predicted octanol–water partition coefficient (Wildman–Crippen LogP) is 3.20. The molecule has 2 heterocycles. The summed E-state index contributed by atoms with van der Waals surface area (Å²) in [5.41, 5.74) is 2.29. The molecule has 0 bridgehead atoms. The molecule has 146 valence electrons. The lowest BCUT2D eigenvalue weighted by molar-refractivity contribution is -0.389. The summed E-state index contributed by atoms with van der Waals surface area (Å²) in [6.07, 6.45) is 3.11. The van der Waals surface area contributed by atoms with Crippen LogP contribution in [0.1, 0.15) is 41.5 Å². The van der Waals surface area contributed by atoms with E-state index in [1.165, 1.54) is 10.9 Å². The summed E-state index contributed by atoms with van der Waals surface area (Å²) < 4.78 is 3.23. The van der Waals surface area contributed by atoms with Crippen LogP contribution in [0.3, 0.4) is 0 Å². The molecule has 0 aliphatic rings. The second-order valence-corrected chi connectivity index (χ2v) is 6.63. The third-order valence-electron chi connectivity index (χ3n) is 4.27. The van der Waals surface area contributed by atoms with Gasteiger partial charge in [0.2, 0.25) is 0 Å². The Bertz CT molecular complexity index is 995. The van der Waals surface area contributed by atoms with Gasteiger partial charge in [-0.1, -0.05) is 23.7 Å². The Morgan fingerprint density at radius 1 is 1.32 bits per heavy atom. The van der Waals surface area contributed by atoms with E-state index in [0.29, 0.717) is 12.1 Å². The number of nitrogens with zero attached hydrogens (tertiary/aromatic N) is 5. The molecule has 0 spiro atoms. The van der Waals surface area contributed by atoms with Gasteiger partial charge in [0.15, 0.2) is 5.02 Å². The molecule has 2 aromatic heterocycles. The standard InChI is InChI=1S/C18H19ClN6O3/c1-3-24-16(8-9-20-24)12(2)21-18(26)14-6-4-13(5-7-14)10-23-11-15(19)17(22-23)25(27)28/h4-9,11-12H,3,10H2,1-2H3,(H,21,26)/t12-/m1/s1. The first kappa shape index (κ1) is 19.6. The van der Waals surface area contributed by atoms with E-state index in [1.807, 2.05) is 24.6 Å². The third kappa shape index (κ3) is 4.20. The zero-order chi connectivity index (χ0) is 20.3. The van der Waals surface area contributed by atoms with Crippen LogP contribution in [0, 0.1) is 10.1 Å². The molecule has 0 saturated heterocycles. The number of nitro groups is 1. The normalized spacial score (nSPS) is 12.0. The average molecular weight is 403 g/mol. The molecular formula is C18H19ClN6O3. The van der Waals surface area contributed by atoms with E-state index in [4.69, 9.17) is 11.6 Å². The summed E-state index contributed by atoms with van der Waals surface area (Å²) in [6.45, 7) is 4.93. The summed E-state index contributed by atoms with van der Waals surface area (Å²) in [7, 11) is 0. The molecular weight excluding hydrogens is 384 g/mol. The Hall–Kier alpha value is -3.20. The van der Waals surface area contributed by atoms with E-state index >= 15 is 0 Å². The zero-order valence-corrected chi connectivity index (χ0v) is 16.1. The molecule has 0 aliphatic carbocycles. The maximum atomic E-state index is 12.5. The molecule has 1 atom stereocenters. The van der Waals surface area contributed by atoms with Gasteiger partial charge in [-0.15, -0.1) is 0 Å². The number of halogens is 1. The number of aromatic nitrogens is 4. The van der Waals surface area contributed by atoms with Crippen LogP contribution in [-0.4, -0.2) is 30.4 Å². The second kappa shape index (κ2) is 8.22. The first-order chi connectivity index (χ1) is 13.4. The predicted molar refractivity (Wildman–Crippen MR) is 103 cm³/mol. The number of hydrogen-bond acceptors (Lipinski definition) is 5. The fraction of sp³-hybridized carbons (Fsp3) is 0.278. The Balaban J connectivity index is 1.66. The van der Waals surface area contributed by atoms with Crippen molar-refractivity contribution in [2.75, 3.05) is 0 Å². The number of aryl methyl sites for hydroxylation is 1. The lowest BCUT2D eigenvalue weighted by Gasteiger charge is -2.15. The van der Waals surface area contributed by atoms with Gasteiger partial charge in [0.05, 0.1) is 29.6 Å². The second-order valence-electron chi connectivity index (χ2n) is 6.22. The third-order valence-corrected chi connectivity index (χ3v) is 4.54. The van der Waals surface area contributed by atoms with Gasteiger partial charge in [0, 0.05) is 18.3 Å². The molecule has 0 fully saturated rings. The lowest BCUT2D eigenvalue weighted by Crippen LogP contribution is -2.28. The minimum atomic E-state index is -0.627. The molecule has 0 unspecified atom stereocenters. The molecule has 3 aromatic rings. The van der Waals surface area contributed by atoms with Crippen molar-refractivity contribution < 1.29 is 9.72 Å². The van der Waals surface area contributed by atoms with Crippen LogP contribution in [0.15, 0.2) is 42.7 Å². The van der Waals surface area contributed by atoms with Crippen molar-refractivity contribution in [2.24, 2.45) is 0 Å². The number of carbonyl (C=O) groups is 1. The Morgan fingerprint density at radius 2 is 2.04 bits per heavy atom. The number of amides is 1. The van der Waals surface area contributed by atoms with Crippen LogP contribution in [0.25, 0.3) is 0 Å². The Morgan fingerprint density at radius 3 is 2.64 bits per heavy atom. The van der Waals surface area contributed by atoms with E-state index in [0.717, 1.165) is 17.8 Å². The highest BCUT2D eigenvalue weighted by Crippen LogP contribution is 2.22. The molecule has 28 heavy (non-hydrogen) atoms. The molecule has 0 saturated carbocycles. The van der Waals surface area contributed by atoms with Gasteiger partial charge in [0.25, 0.3) is 5.91 Å². The summed E-state index contributed by atoms with van der Waals surface area (Å²) in [4.78, 5) is 22.7. The highest BCUT2D eigenvalue weighted by atomic mass is 35.5. The molecule has 1 aromatic carbocycles. The van der Waals surface area contributed by atoms with Crippen LogP contribution in [0.4, 0.5) is 5.82 Å². The van der Waals surface area contributed by atoms with E-state index in [-0.39, 0.29) is 22.8 Å². The molecule has 10 heteroatoms. The summed E-state index contributed by atoms with van der Waals surface area (Å²) in [6, 6.07) is 8.66. The maximum absolute atomic E-state index is 12.5. The van der Waals surface area contributed by atoms with Crippen LogP contribution in [-0.2, 0) is 13.1 Å². The molecule has 0 aliphatic heterocycles. The lowest BCUT2D eigenvalue weighted by atomic mass is 10.1. The van der Waals surface area contributed by atoms with Crippen LogP contribution in [0.2, 0.25) is 5.02 Å². The fourth-order valence-electron chi connectivity index (χ4n) is 2.87. The summed E-state index contributed by atoms with van der Waals surface area (Å²) in [5, 5.41) is 21.8. The van der Waals surface area contributed by atoms with Crippen molar-refractivity contribution in [3.8, 4) is 0 Å². The van der Waals surface area contributed by atoms with E-state index in [1.54, 1.807) is 30.5 Å². The Labute approximate surface area is 166 Å². The van der Waals surface area contributed by atoms with E-state index in [2.05, 4.69) is 15.5 Å². The maximum Gasteiger partial charge on any atom is 0.408 e. The molecule has 1 amide bonds. The zero-order valence-electron chi connectivity index (χ0n) is 15.4. The fourth-order valence-corrected chi connectivity index (χ4v) is 3.09. The molecule has 0 radical (unpaired) electrons. The first-order valence-corrected chi connectivity index (χ1v) is 9.05.